The number of hydrogen-bond acceptors (Lipinski definition) is 1. The van der Waals surface area contributed by atoms with E-state index in [1.165, 1.54) is 77.0 Å². The quantitative estimate of drug-likeness (QED) is 0.144. The van der Waals surface area contributed by atoms with Crippen molar-refractivity contribution in [2.24, 2.45) is 0 Å². The van der Waals surface area contributed by atoms with E-state index < -0.39 is 6.09 Å². The molecule has 1 atom stereocenters. The SMILES string of the molecule is CCCCC/C=C/C=C/C=C/CCCCCC(CCCCCCCCC)NC(=O)O. The van der Waals surface area contributed by atoms with Gasteiger partial charge in [-0.1, -0.05) is 121 Å². The lowest BCUT2D eigenvalue weighted by Crippen LogP contribution is -2.33. The van der Waals surface area contributed by atoms with Crippen molar-refractivity contribution in [2.75, 3.05) is 0 Å². The fourth-order valence-corrected chi connectivity index (χ4v) is 3.63. The van der Waals surface area contributed by atoms with Crippen molar-refractivity contribution in [3.63, 3.8) is 0 Å². The highest BCUT2D eigenvalue weighted by molar-refractivity contribution is 5.64. The van der Waals surface area contributed by atoms with Gasteiger partial charge in [0.15, 0.2) is 0 Å². The lowest BCUT2D eigenvalue weighted by molar-refractivity contribution is 0.187. The van der Waals surface area contributed by atoms with Gasteiger partial charge in [0.1, 0.15) is 0 Å². The van der Waals surface area contributed by atoms with Crippen LogP contribution in [-0.4, -0.2) is 17.2 Å². The van der Waals surface area contributed by atoms with Gasteiger partial charge in [-0.2, -0.15) is 0 Å². The maximum absolute atomic E-state index is 11.0. The standard InChI is InChI=1S/C27H49NO2/c1-3-5-7-9-11-12-13-14-15-16-17-19-21-23-25-26(28-27(29)30)24-22-20-18-10-8-6-4-2/h11-16,26,28H,3-10,17-25H2,1-2H3,(H,29,30)/b12-11+,14-13+,16-15+. The molecule has 2 N–H and O–H groups in total. The van der Waals surface area contributed by atoms with Crippen LogP contribution < -0.4 is 5.32 Å². The number of hydrogen-bond donors (Lipinski definition) is 2. The van der Waals surface area contributed by atoms with E-state index in [1.807, 2.05) is 0 Å². The van der Waals surface area contributed by atoms with E-state index in [4.69, 9.17) is 5.11 Å². The summed E-state index contributed by atoms with van der Waals surface area (Å²) in [5.74, 6) is 0. The van der Waals surface area contributed by atoms with Crippen molar-refractivity contribution in [3.8, 4) is 0 Å². The third kappa shape index (κ3) is 22.8. The van der Waals surface area contributed by atoms with Crippen LogP contribution >= 0.6 is 0 Å². The molecule has 174 valence electrons. The Hall–Kier alpha value is -1.51. The molecule has 0 fully saturated rings. The average Bonchev–Trinajstić information content (AvgIpc) is 2.72. The molecule has 0 heterocycles. The number of carboxylic acid groups (broad SMARTS) is 1. The van der Waals surface area contributed by atoms with Gasteiger partial charge in [-0.15, -0.1) is 0 Å². The largest absolute Gasteiger partial charge is 0.465 e. The lowest BCUT2D eigenvalue weighted by atomic mass is 10.0. The third-order valence-electron chi connectivity index (χ3n) is 5.49. The number of nitrogens with one attached hydrogen (secondary N) is 1. The fraction of sp³-hybridized carbons (Fsp3) is 0.741. The van der Waals surface area contributed by atoms with E-state index in [1.54, 1.807) is 0 Å². The molecule has 0 aliphatic carbocycles. The van der Waals surface area contributed by atoms with Crippen molar-refractivity contribution in [1.82, 2.24) is 5.32 Å². The Balaban J connectivity index is 3.73. The molecule has 30 heavy (non-hydrogen) atoms. The molecule has 1 amide bonds. The Labute approximate surface area is 187 Å². The highest BCUT2D eigenvalue weighted by Crippen LogP contribution is 2.14. The minimum Gasteiger partial charge on any atom is -0.465 e. The van der Waals surface area contributed by atoms with Gasteiger partial charge in [0.05, 0.1) is 0 Å². The highest BCUT2D eigenvalue weighted by Gasteiger charge is 2.10. The number of unbranched alkanes of at least 4 members (excludes halogenated alkanes) is 12. The van der Waals surface area contributed by atoms with Gasteiger partial charge in [0.25, 0.3) is 0 Å². The normalized spacial score (nSPS) is 13.0. The van der Waals surface area contributed by atoms with Crippen LogP contribution in [0.1, 0.15) is 123 Å². The van der Waals surface area contributed by atoms with Crippen LogP contribution in [0.15, 0.2) is 36.5 Å². The first-order valence-electron chi connectivity index (χ1n) is 12.7. The molecule has 3 heteroatoms. The summed E-state index contributed by atoms with van der Waals surface area (Å²) < 4.78 is 0. The second-order valence-corrected chi connectivity index (χ2v) is 8.43. The van der Waals surface area contributed by atoms with Crippen molar-refractivity contribution in [2.45, 2.75) is 129 Å². The van der Waals surface area contributed by atoms with E-state index in [9.17, 15) is 4.79 Å². The topological polar surface area (TPSA) is 49.3 Å². The van der Waals surface area contributed by atoms with Gasteiger partial charge < -0.3 is 10.4 Å². The Morgan fingerprint density at radius 1 is 0.667 bits per heavy atom. The molecule has 0 aliphatic rings. The van der Waals surface area contributed by atoms with Gasteiger partial charge in [0.2, 0.25) is 0 Å². The Morgan fingerprint density at radius 3 is 1.63 bits per heavy atom. The molecule has 0 bridgehead atoms. The molecule has 0 rings (SSSR count). The predicted molar refractivity (Wildman–Crippen MR) is 132 cm³/mol. The fourth-order valence-electron chi connectivity index (χ4n) is 3.63. The van der Waals surface area contributed by atoms with E-state index in [0.29, 0.717) is 0 Å². The minimum absolute atomic E-state index is 0.126. The summed E-state index contributed by atoms with van der Waals surface area (Å²) in [6, 6.07) is 0.126. The van der Waals surface area contributed by atoms with E-state index >= 15 is 0 Å². The van der Waals surface area contributed by atoms with Crippen LogP contribution in [0.3, 0.4) is 0 Å². The molecule has 0 aromatic heterocycles. The maximum atomic E-state index is 11.0. The zero-order chi connectivity index (χ0) is 22.1. The van der Waals surface area contributed by atoms with Crippen molar-refractivity contribution >= 4 is 6.09 Å². The molecule has 0 saturated heterocycles. The van der Waals surface area contributed by atoms with Gasteiger partial charge in [-0.3, -0.25) is 0 Å². The average molecular weight is 420 g/mol. The summed E-state index contributed by atoms with van der Waals surface area (Å²) in [6.45, 7) is 4.47. The zero-order valence-corrected chi connectivity index (χ0v) is 19.9. The summed E-state index contributed by atoms with van der Waals surface area (Å²) >= 11 is 0. The van der Waals surface area contributed by atoms with Crippen LogP contribution in [0, 0.1) is 0 Å². The molecule has 0 aromatic carbocycles. The maximum Gasteiger partial charge on any atom is 0.404 e. The monoisotopic (exact) mass is 419 g/mol. The van der Waals surface area contributed by atoms with Gasteiger partial charge in [0, 0.05) is 6.04 Å². The molecule has 0 radical (unpaired) electrons. The van der Waals surface area contributed by atoms with Gasteiger partial charge in [-0.05, 0) is 38.5 Å². The van der Waals surface area contributed by atoms with Gasteiger partial charge >= 0.3 is 6.09 Å². The van der Waals surface area contributed by atoms with E-state index in [0.717, 1.165) is 32.1 Å². The summed E-state index contributed by atoms with van der Waals surface area (Å²) in [4.78, 5) is 11.0. The molecule has 1 unspecified atom stereocenters. The molecule has 0 aliphatic heterocycles. The Bertz CT molecular complexity index is 454. The van der Waals surface area contributed by atoms with E-state index in [2.05, 4.69) is 55.6 Å². The van der Waals surface area contributed by atoms with Crippen LogP contribution in [0.2, 0.25) is 0 Å². The molecule has 3 nitrogen and oxygen atoms in total. The van der Waals surface area contributed by atoms with E-state index in [-0.39, 0.29) is 6.04 Å². The van der Waals surface area contributed by atoms with Crippen molar-refractivity contribution < 1.29 is 9.90 Å². The first kappa shape index (κ1) is 28.5. The van der Waals surface area contributed by atoms with Crippen LogP contribution in [-0.2, 0) is 0 Å². The Kier molecular flexibility index (Phi) is 22.6. The first-order chi connectivity index (χ1) is 14.7. The second-order valence-electron chi connectivity index (χ2n) is 8.43. The molecular weight excluding hydrogens is 370 g/mol. The first-order valence-corrected chi connectivity index (χ1v) is 12.7. The summed E-state index contributed by atoms with van der Waals surface area (Å²) in [5.41, 5.74) is 0. The second kappa shape index (κ2) is 23.8. The highest BCUT2D eigenvalue weighted by atomic mass is 16.4. The molecule has 0 spiro atoms. The summed E-state index contributed by atoms with van der Waals surface area (Å²) in [5, 5.41) is 11.8. The van der Waals surface area contributed by atoms with Gasteiger partial charge in [-0.25, -0.2) is 4.79 Å². The van der Waals surface area contributed by atoms with Crippen LogP contribution in [0.4, 0.5) is 4.79 Å². The summed E-state index contributed by atoms with van der Waals surface area (Å²) in [7, 11) is 0. The minimum atomic E-state index is -0.878. The number of allylic oxidation sites excluding steroid dienone is 6. The number of carbonyl (C=O) groups is 1. The number of amides is 1. The smallest absolute Gasteiger partial charge is 0.404 e. The zero-order valence-electron chi connectivity index (χ0n) is 19.9. The van der Waals surface area contributed by atoms with Crippen molar-refractivity contribution in [3.05, 3.63) is 36.5 Å². The molecule has 0 aromatic rings. The van der Waals surface area contributed by atoms with Crippen molar-refractivity contribution in [1.29, 1.82) is 0 Å². The molecule has 0 saturated carbocycles. The Morgan fingerprint density at radius 2 is 1.10 bits per heavy atom. The predicted octanol–water partition coefficient (Wildman–Crippen LogP) is 8.96. The molecular formula is C27H49NO2. The summed E-state index contributed by atoms with van der Waals surface area (Å²) in [6.07, 6.45) is 32.6. The third-order valence-corrected chi connectivity index (χ3v) is 5.49. The van der Waals surface area contributed by atoms with Crippen LogP contribution in [0.25, 0.3) is 0 Å². The van der Waals surface area contributed by atoms with Crippen LogP contribution in [0.5, 0.6) is 0 Å². The number of rotatable bonds is 21. The lowest BCUT2D eigenvalue weighted by Gasteiger charge is -2.16.